The number of carbonyl (C=O) groups excluding carboxylic acids is 1. The Balaban J connectivity index is 1.86. The molecule has 1 fully saturated rings. The van der Waals surface area contributed by atoms with Gasteiger partial charge in [-0.15, -0.1) is 0 Å². The molecular formula is C22H23N3O4. The van der Waals surface area contributed by atoms with Gasteiger partial charge in [0.2, 0.25) is 11.5 Å². The number of anilines is 2. The molecule has 2 aliphatic rings. The van der Waals surface area contributed by atoms with Crippen molar-refractivity contribution in [3.05, 3.63) is 59.3 Å². The maximum Gasteiger partial charge on any atom is 0.220 e. The molecule has 1 unspecified atom stereocenters. The van der Waals surface area contributed by atoms with Gasteiger partial charge in [-0.2, -0.15) is 0 Å². The number of amidine groups is 1. The van der Waals surface area contributed by atoms with E-state index in [1.807, 2.05) is 24.3 Å². The van der Waals surface area contributed by atoms with Crippen LogP contribution in [0.1, 0.15) is 12.5 Å². The SMILES string of the molecule is CN=C1C(=C2Cc3ccccc3N2)C(=O)C(C)(O)N1c1cc(OC)cc(OC)c1. The number of nitrogens with zero attached hydrogens (tertiary/aromatic N) is 2. The van der Waals surface area contributed by atoms with E-state index < -0.39 is 11.5 Å². The first-order valence-corrected chi connectivity index (χ1v) is 9.26. The second-order valence-electron chi connectivity index (χ2n) is 7.12. The van der Waals surface area contributed by atoms with Crippen molar-refractivity contribution in [3.63, 3.8) is 0 Å². The van der Waals surface area contributed by atoms with E-state index in [1.165, 1.54) is 11.8 Å². The Bertz CT molecular complexity index is 1010. The summed E-state index contributed by atoms with van der Waals surface area (Å²) in [7, 11) is 4.71. The lowest BCUT2D eigenvalue weighted by Crippen LogP contribution is -2.47. The van der Waals surface area contributed by atoms with Crippen LogP contribution in [0.15, 0.2) is 58.7 Å². The third kappa shape index (κ3) is 2.94. The molecule has 2 heterocycles. The first-order chi connectivity index (χ1) is 13.9. The summed E-state index contributed by atoms with van der Waals surface area (Å²) < 4.78 is 10.7. The van der Waals surface area contributed by atoms with Gasteiger partial charge in [0.05, 0.1) is 25.5 Å². The molecular weight excluding hydrogens is 370 g/mol. The zero-order valence-corrected chi connectivity index (χ0v) is 16.8. The lowest BCUT2D eigenvalue weighted by Gasteiger charge is -2.30. The van der Waals surface area contributed by atoms with E-state index in [4.69, 9.17) is 9.47 Å². The van der Waals surface area contributed by atoms with Gasteiger partial charge >= 0.3 is 0 Å². The minimum Gasteiger partial charge on any atom is -0.497 e. The molecule has 0 aromatic heterocycles. The Kier molecular flexibility index (Phi) is 4.55. The molecule has 0 radical (unpaired) electrons. The highest BCUT2D eigenvalue weighted by Crippen LogP contribution is 2.41. The van der Waals surface area contributed by atoms with Crippen LogP contribution < -0.4 is 19.7 Å². The standard InChI is InChI=1S/C22H23N3O4/c1-22(27)20(26)19(18-9-13-7-5-6-8-17(13)24-18)21(23-2)25(22)14-10-15(28-3)12-16(11-14)29-4/h5-8,10-12,24,27H,9H2,1-4H3. The Morgan fingerprint density at radius 1 is 1.14 bits per heavy atom. The minimum atomic E-state index is -1.80. The molecule has 2 N–H and O–H groups in total. The monoisotopic (exact) mass is 393 g/mol. The quantitative estimate of drug-likeness (QED) is 0.781. The molecule has 2 aromatic carbocycles. The van der Waals surface area contributed by atoms with Gasteiger partial charge in [0.1, 0.15) is 17.3 Å². The molecule has 0 bridgehead atoms. The predicted octanol–water partition coefficient (Wildman–Crippen LogP) is 2.75. The molecule has 0 saturated carbocycles. The molecule has 7 heteroatoms. The second-order valence-corrected chi connectivity index (χ2v) is 7.12. The van der Waals surface area contributed by atoms with E-state index in [9.17, 15) is 9.90 Å². The third-order valence-electron chi connectivity index (χ3n) is 5.31. The molecule has 29 heavy (non-hydrogen) atoms. The number of hydrogen-bond donors (Lipinski definition) is 2. The van der Waals surface area contributed by atoms with Crippen molar-refractivity contribution in [2.75, 3.05) is 31.5 Å². The van der Waals surface area contributed by atoms with Crippen LogP contribution in [0.5, 0.6) is 11.5 Å². The smallest absolute Gasteiger partial charge is 0.220 e. The van der Waals surface area contributed by atoms with Gasteiger partial charge < -0.3 is 19.9 Å². The van der Waals surface area contributed by atoms with Crippen LogP contribution in [0.2, 0.25) is 0 Å². The van der Waals surface area contributed by atoms with Crippen molar-refractivity contribution in [3.8, 4) is 11.5 Å². The highest BCUT2D eigenvalue weighted by atomic mass is 16.5. The molecule has 150 valence electrons. The van der Waals surface area contributed by atoms with Crippen LogP contribution in [0.4, 0.5) is 11.4 Å². The van der Waals surface area contributed by atoms with Crippen molar-refractivity contribution in [2.45, 2.75) is 19.1 Å². The van der Waals surface area contributed by atoms with Gasteiger partial charge in [-0.1, -0.05) is 18.2 Å². The van der Waals surface area contributed by atoms with Crippen molar-refractivity contribution in [1.82, 2.24) is 0 Å². The number of methoxy groups -OCH3 is 2. The number of fused-ring (bicyclic) bond motifs is 1. The lowest BCUT2D eigenvalue weighted by atomic mass is 10.0. The summed E-state index contributed by atoms with van der Waals surface area (Å²) in [5.74, 6) is 1.08. The lowest BCUT2D eigenvalue weighted by molar-refractivity contribution is -0.128. The molecule has 7 nitrogen and oxygen atoms in total. The van der Waals surface area contributed by atoms with E-state index >= 15 is 0 Å². The number of ether oxygens (including phenoxy) is 2. The predicted molar refractivity (Wildman–Crippen MR) is 112 cm³/mol. The van der Waals surface area contributed by atoms with Crippen molar-refractivity contribution >= 4 is 23.0 Å². The van der Waals surface area contributed by atoms with Gasteiger partial charge in [0.25, 0.3) is 0 Å². The van der Waals surface area contributed by atoms with Crippen molar-refractivity contribution in [1.29, 1.82) is 0 Å². The first-order valence-electron chi connectivity index (χ1n) is 9.26. The number of ketones is 1. The molecule has 1 atom stereocenters. The van der Waals surface area contributed by atoms with Gasteiger partial charge in [0.15, 0.2) is 0 Å². The number of aliphatic hydroxyl groups is 1. The van der Waals surface area contributed by atoms with Gasteiger partial charge in [0, 0.05) is 43.1 Å². The Hall–Kier alpha value is -3.32. The topological polar surface area (TPSA) is 83.4 Å². The summed E-state index contributed by atoms with van der Waals surface area (Å²) in [5, 5.41) is 14.5. The van der Waals surface area contributed by atoms with Crippen LogP contribution in [-0.4, -0.2) is 43.7 Å². The van der Waals surface area contributed by atoms with E-state index in [1.54, 1.807) is 39.5 Å². The average Bonchev–Trinajstić information content (AvgIpc) is 3.23. The van der Waals surface area contributed by atoms with E-state index in [0.717, 1.165) is 16.9 Å². The normalized spacial score (nSPS) is 24.7. The summed E-state index contributed by atoms with van der Waals surface area (Å²) in [6, 6.07) is 13.1. The molecule has 4 rings (SSSR count). The van der Waals surface area contributed by atoms with Crippen LogP contribution >= 0.6 is 0 Å². The number of hydrogen-bond acceptors (Lipinski definition) is 6. The number of benzene rings is 2. The number of aliphatic imine (C=N–C) groups is 1. The Morgan fingerprint density at radius 3 is 2.38 bits per heavy atom. The summed E-state index contributed by atoms with van der Waals surface area (Å²) in [6.07, 6.45) is 0.571. The van der Waals surface area contributed by atoms with Crippen LogP contribution in [0, 0.1) is 0 Å². The summed E-state index contributed by atoms with van der Waals surface area (Å²) >= 11 is 0. The fraction of sp³-hybridized carbons (Fsp3) is 0.273. The zero-order valence-electron chi connectivity index (χ0n) is 16.8. The van der Waals surface area contributed by atoms with E-state index in [2.05, 4.69) is 10.3 Å². The highest BCUT2D eigenvalue weighted by Gasteiger charge is 2.52. The molecule has 0 aliphatic carbocycles. The minimum absolute atomic E-state index is 0.385. The highest BCUT2D eigenvalue weighted by molar-refractivity contribution is 6.37. The first kappa shape index (κ1) is 19.0. The zero-order chi connectivity index (χ0) is 20.8. The number of para-hydroxylation sites is 1. The van der Waals surface area contributed by atoms with Crippen LogP contribution in [0.25, 0.3) is 0 Å². The Labute approximate surface area is 169 Å². The molecule has 2 aromatic rings. The summed E-state index contributed by atoms with van der Waals surface area (Å²) in [5.41, 5.74) is 1.92. The van der Waals surface area contributed by atoms with Gasteiger partial charge in [-0.3, -0.25) is 14.7 Å². The second kappa shape index (κ2) is 6.93. The van der Waals surface area contributed by atoms with Crippen LogP contribution in [-0.2, 0) is 11.2 Å². The number of nitrogens with one attached hydrogen (secondary N) is 1. The fourth-order valence-electron chi connectivity index (χ4n) is 3.88. The fourth-order valence-corrected chi connectivity index (χ4v) is 3.88. The van der Waals surface area contributed by atoms with E-state index in [0.29, 0.717) is 35.0 Å². The molecule has 0 spiro atoms. The number of allylic oxidation sites excluding steroid dienone is 1. The third-order valence-corrected chi connectivity index (χ3v) is 5.31. The number of Topliss-reactive ketones (excluding diaryl/α,β-unsaturated/α-hetero) is 1. The van der Waals surface area contributed by atoms with Gasteiger partial charge in [-0.05, 0) is 18.6 Å². The molecule has 1 saturated heterocycles. The maximum atomic E-state index is 13.3. The van der Waals surface area contributed by atoms with Crippen molar-refractivity contribution in [2.24, 2.45) is 4.99 Å². The maximum absolute atomic E-state index is 13.3. The van der Waals surface area contributed by atoms with Crippen molar-refractivity contribution < 1.29 is 19.4 Å². The molecule has 2 aliphatic heterocycles. The van der Waals surface area contributed by atoms with E-state index in [-0.39, 0.29) is 0 Å². The Morgan fingerprint density at radius 2 is 1.79 bits per heavy atom. The number of rotatable bonds is 3. The number of carbonyl (C=O) groups is 1. The van der Waals surface area contributed by atoms with Gasteiger partial charge in [-0.25, -0.2) is 0 Å². The van der Waals surface area contributed by atoms with Crippen LogP contribution in [0.3, 0.4) is 0 Å². The summed E-state index contributed by atoms with van der Waals surface area (Å²) in [4.78, 5) is 19.2. The largest absolute Gasteiger partial charge is 0.497 e. The average molecular weight is 393 g/mol. The molecule has 0 amide bonds. The summed E-state index contributed by atoms with van der Waals surface area (Å²) in [6.45, 7) is 1.47.